The van der Waals surface area contributed by atoms with E-state index < -0.39 is 24.6 Å². The van der Waals surface area contributed by atoms with E-state index in [0.29, 0.717) is 0 Å². The topological polar surface area (TPSA) is 81.7 Å². The Hall–Kier alpha value is -1.75. The highest BCUT2D eigenvalue weighted by molar-refractivity contribution is 7.56. The summed E-state index contributed by atoms with van der Waals surface area (Å²) >= 11 is 0. The van der Waals surface area contributed by atoms with E-state index >= 15 is 0 Å². The van der Waals surface area contributed by atoms with Crippen molar-refractivity contribution in [2.75, 3.05) is 14.2 Å². The maximum atomic E-state index is 13.0. The standard InChI is InChI=1S/C17H24NO5P/c1-5-16(20)17(18-14(2)19,24(21,22-3)23-4)13-9-12-15-10-7-6-8-11-15/h6-12H,5,13H2,1-4H3,(H,18,19)/b12-9+/t17-/m1/s1. The quantitative estimate of drug-likeness (QED) is 0.688. The number of rotatable bonds is 9. The Morgan fingerprint density at radius 2 is 1.79 bits per heavy atom. The van der Waals surface area contributed by atoms with Gasteiger partial charge in [0.2, 0.25) is 11.2 Å². The van der Waals surface area contributed by atoms with Gasteiger partial charge in [-0.05, 0) is 5.56 Å². The lowest BCUT2D eigenvalue weighted by Gasteiger charge is -2.36. The molecule has 0 radical (unpaired) electrons. The van der Waals surface area contributed by atoms with Crippen LogP contribution in [0.4, 0.5) is 0 Å². The Kier molecular flexibility index (Phi) is 7.55. The lowest BCUT2D eigenvalue weighted by Crippen LogP contribution is -2.53. The fourth-order valence-corrected chi connectivity index (χ4v) is 4.33. The minimum absolute atomic E-state index is 0.00684. The van der Waals surface area contributed by atoms with Gasteiger partial charge in [0.15, 0.2) is 5.78 Å². The Bertz CT molecular complexity index is 636. The molecule has 7 heteroatoms. The molecule has 1 atom stereocenters. The highest BCUT2D eigenvalue weighted by Gasteiger charge is 2.55. The van der Waals surface area contributed by atoms with Gasteiger partial charge in [0, 0.05) is 34.0 Å². The average Bonchev–Trinajstić information content (AvgIpc) is 2.59. The number of carbonyl (C=O) groups excluding carboxylic acids is 2. The van der Waals surface area contributed by atoms with Crippen LogP contribution < -0.4 is 5.32 Å². The van der Waals surface area contributed by atoms with Crippen LogP contribution in [0.25, 0.3) is 6.08 Å². The molecule has 0 bridgehead atoms. The summed E-state index contributed by atoms with van der Waals surface area (Å²) < 4.78 is 23.1. The van der Waals surface area contributed by atoms with Crippen molar-refractivity contribution in [2.24, 2.45) is 0 Å². The number of Topliss-reactive ketones (excluding diaryl/α,β-unsaturated/α-hetero) is 1. The Morgan fingerprint density at radius 1 is 1.21 bits per heavy atom. The first-order valence-corrected chi connectivity index (χ1v) is 9.14. The number of nitrogens with one attached hydrogen (secondary N) is 1. The Labute approximate surface area is 142 Å². The maximum absolute atomic E-state index is 13.0. The van der Waals surface area contributed by atoms with E-state index in [9.17, 15) is 14.2 Å². The van der Waals surface area contributed by atoms with Gasteiger partial charge in [0.25, 0.3) is 0 Å². The van der Waals surface area contributed by atoms with Crippen molar-refractivity contribution in [1.29, 1.82) is 0 Å². The van der Waals surface area contributed by atoms with Crippen LogP contribution in [-0.4, -0.2) is 31.2 Å². The predicted molar refractivity (Wildman–Crippen MR) is 93.6 cm³/mol. The molecule has 0 aliphatic rings. The summed E-state index contributed by atoms with van der Waals surface area (Å²) in [5, 5.41) is 0.772. The third-order valence-electron chi connectivity index (χ3n) is 3.64. The van der Waals surface area contributed by atoms with Crippen LogP contribution in [0.2, 0.25) is 0 Å². The number of hydrogen-bond donors (Lipinski definition) is 1. The van der Waals surface area contributed by atoms with Gasteiger partial charge in [-0.3, -0.25) is 14.2 Å². The zero-order valence-electron chi connectivity index (χ0n) is 14.4. The van der Waals surface area contributed by atoms with E-state index in [-0.39, 0.29) is 12.8 Å². The molecule has 0 aliphatic carbocycles. The highest BCUT2D eigenvalue weighted by Crippen LogP contribution is 2.60. The van der Waals surface area contributed by atoms with Gasteiger partial charge in [-0.2, -0.15) is 0 Å². The van der Waals surface area contributed by atoms with Crippen molar-refractivity contribution in [3.63, 3.8) is 0 Å². The molecule has 1 N–H and O–H groups in total. The molecule has 1 aromatic carbocycles. The second kappa shape index (κ2) is 8.92. The van der Waals surface area contributed by atoms with Crippen LogP contribution in [0.5, 0.6) is 0 Å². The van der Waals surface area contributed by atoms with E-state index in [0.717, 1.165) is 5.56 Å². The zero-order valence-corrected chi connectivity index (χ0v) is 15.3. The first kappa shape index (κ1) is 20.3. The molecule has 0 aliphatic heterocycles. The highest BCUT2D eigenvalue weighted by atomic mass is 31.2. The monoisotopic (exact) mass is 353 g/mol. The molecule has 0 spiro atoms. The largest absolute Gasteiger partial charge is 0.363 e. The number of hydrogen-bond acceptors (Lipinski definition) is 5. The molecular formula is C17H24NO5P. The van der Waals surface area contributed by atoms with Gasteiger partial charge in [0.1, 0.15) is 0 Å². The minimum atomic E-state index is -3.90. The molecule has 0 heterocycles. The molecule has 24 heavy (non-hydrogen) atoms. The van der Waals surface area contributed by atoms with Crippen LogP contribution in [0, 0.1) is 0 Å². The Balaban J connectivity index is 3.29. The molecule has 1 aromatic rings. The van der Waals surface area contributed by atoms with Gasteiger partial charge < -0.3 is 14.4 Å². The van der Waals surface area contributed by atoms with Crippen LogP contribution in [0.1, 0.15) is 32.3 Å². The molecule has 132 valence electrons. The minimum Gasteiger partial charge on any atom is -0.333 e. The number of benzene rings is 1. The molecule has 0 saturated carbocycles. The SMILES string of the molecule is CCC(=O)[C@](C/C=C/c1ccccc1)(NC(C)=O)P(=O)(OC)OC. The van der Waals surface area contributed by atoms with Crippen molar-refractivity contribution in [3.8, 4) is 0 Å². The van der Waals surface area contributed by atoms with Crippen molar-refractivity contribution in [2.45, 2.75) is 32.0 Å². The van der Waals surface area contributed by atoms with Gasteiger partial charge in [-0.25, -0.2) is 0 Å². The number of ketones is 1. The second-order valence-corrected chi connectivity index (χ2v) is 7.69. The van der Waals surface area contributed by atoms with Crippen molar-refractivity contribution in [1.82, 2.24) is 5.32 Å². The summed E-state index contributed by atoms with van der Waals surface area (Å²) in [6, 6.07) is 9.44. The summed E-state index contributed by atoms with van der Waals surface area (Å²) in [6.45, 7) is 2.89. The predicted octanol–water partition coefficient (Wildman–Crippen LogP) is 3.39. The molecule has 1 amide bonds. The molecule has 0 aromatic heterocycles. The van der Waals surface area contributed by atoms with Crippen molar-refractivity contribution in [3.05, 3.63) is 42.0 Å². The molecule has 1 rings (SSSR count). The van der Waals surface area contributed by atoms with Gasteiger partial charge in [-0.1, -0.05) is 49.4 Å². The average molecular weight is 353 g/mol. The van der Waals surface area contributed by atoms with Crippen molar-refractivity contribution >= 4 is 25.4 Å². The summed E-state index contributed by atoms with van der Waals surface area (Å²) in [4.78, 5) is 24.3. The summed E-state index contributed by atoms with van der Waals surface area (Å²) in [6.07, 6.45) is 3.54. The maximum Gasteiger partial charge on any atom is 0.363 e. The first-order valence-electron chi connectivity index (χ1n) is 7.60. The molecule has 0 fully saturated rings. The summed E-state index contributed by atoms with van der Waals surface area (Å²) in [5.74, 6) is -0.901. The number of carbonyl (C=O) groups is 2. The van der Waals surface area contributed by atoms with E-state index in [1.54, 1.807) is 19.1 Å². The van der Waals surface area contributed by atoms with Crippen LogP contribution >= 0.6 is 7.60 Å². The third kappa shape index (κ3) is 4.41. The fourth-order valence-electron chi connectivity index (χ4n) is 2.47. The Morgan fingerprint density at radius 3 is 2.25 bits per heavy atom. The molecule has 0 saturated heterocycles. The lowest BCUT2D eigenvalue weighted by molar-refractivity contribution is -0.128. The van der Waals surface area contributed by atoms with E-state index in [4.69, 9.17) is 9.05 Å². The molecular weight excluding hydrogens is 329 g/mol. The smallest absolute Gasteiger partial charge is 0.333 e. The lowest BCUT2D eigenvalue weighted by atomic mass is 10.0. The van der Waals surface area contributed by atoms with Gasteiger partial charge >= 0.3 is 7.60 Å². The van der Waals surface area contributed by atoms with E-state index in [1.165, 1.54) is 21.1 Å². The molecule has 6 nitrogen and oxygen atoms in total. The second-order valence-electron chi connectivity index (χ2n) is 5.20. The first-order chi connectivity index (χ1) is 11.3. The van der Waals surface area contributed by atoms with E-state index in [1.807, 2.05) is 30.3 Å². The van der Waals surface area contributed by atoms with Gasteiger partial charge in [0.05, 0.1) is 0 Å². The van der Waals surface area contributed by atoms with E-state index in [2.05, 4.69) is 5.32 Å². The van der Waals surface area contributed by atoms with Gasteiger partial charge in [-0.15, -0.1) is 0 Å². The van der Waals surface area contributed by atoms with Crippen LogP contribution in [0.15, 0.2) is 36.4 Å². The van der Waals surface area contributed by atoms with Crippen molar-refractivity contribution < 1.29 is 23.2 Å². The summed E-state index contributed by atoms with van der Waals surface area (Å²) in [5.41, 5.74) is 0.919. The summed E-state index contributed by atoms with van der Waals surface area (Å²) in [7, 11) is -1.50. The molecule has 0 unspecified atom stereocenters. The van der Waals surface area contributed by atoms with Crippen LogP contribution in [-0.2, 0) is 23.2 Å². The third-order valence-corrected chi connectivity index (χ3v) is 6.08. The normalized spacial score (nSPS) is 14.3. The zero-order chi connectivity index (χ0) is 18.2. The number of amides is 1. The fraction of sp³-hybridized carbons (Fsp3) is 0.412. The van der Waals surface area contributed by atoms with Crippen LogP contribution in [0.3, 0.4) is 0 Å².